The summed E-state index contributed by atoms with van der Waals surface area (Å²) in [6.07, 6.45) is 3.66. The molecular formula is C11H16N2O2. The van der Waals surface area contributed by atoms with Gasteiger partial charge < -0.3 is 15.5 Å². The van der Waals surface area contributed by atoms with E-state index in [9.17, 15) is 0 Å². The zero-order chi connectivity index (χ0) is 10.7. The summed E-state index contributed by atoms with van der Waals surface area (Å²) in [5.41, 5.74) is 1.04. The number of pyridine rings is 1. The minimum atomic E-state index is 0.136. The molecule has 0 atom stereocenters. The van der Waals surface area contributed by atoms with E-state index in [-0.39, 0.29) is 17.8 Å². The second-order valence-electron chi connectivity index (χ2n) is 4.27. The summed E-state index contributed by atoms with van der Waals surface area (Å²) < 4.78 is 0. The number of hydrogen-bond donors (Lipinski definition) is 3. The zero-order valence-corrected chi connectivity index (χ0v) is 8.61. The number of nitrogens with zero attached hydrogens (tertiary/aromatic N) is 1. The molecule has 0 bridgehead atoms. The monoisotopic (exact) mass is 208 g/mol. The van der Waals surface area contributed by atoms with Crippen molar-refractivity contribution in [2.24, 2.45) is 5.41 Å². The predicted octanol–water partition coefficient (Wildman–Crippen LogP) is 0.649. The fourth-order valence-electron chi connectivity index (χ4n) is 1.54. The highest BCUT2D eigenvalue weighted by Gasteiger charge is 2.41. The summed E-state index contributed by atoms with van der Waals surface area (Å²) in [7, 11) is 0. The first kappa shape index (κ1) is 10.4. The van der Waals surface area contributed by atoms with Crippen LogP contribution in [0.3, 0.4) is 0 Å². The van der Waals surface area contributed by atoms with Gasteiger partial charge in [0.05, 0.1) is 11.9 Å². The van der Waals surface area contributed by atoms with Crippen LogP contribution in [0.1, 0.15) is 18.5 Å². The molecule has 1 fully saturated rings. The maximum atomic E-state index is 9.10. The third-order valence-electron chi connectivity index (χ3n) is 2.91. The van der Waals surface area contributed by atoms with Crippen LogP contribution in [0.25, 0.3) is 0 Å². The molecule has 0 aliphatic heterocycles. The fourth-order valence-corrected chi connectivity index (χ4v) is 1.54. The molecule has 0 saturated heterocycles. The normalized spacial score (nSPS) is 17.7. The summed E-state index contributed by atoms with van der Waals surface area (Å²) in [5.74, 6) is 0.188. The van der Waals surface area contributed by atoms with E-state index < -0.39 is 0 Å². The molecule has 3 N–H and O–H groups in total. The van der Waals surface area contributed by atoms with Gasteiger partial charge in [0.1, 0.15) is 5.75 Å². The van der Waals surface area contributed by atoms with Crippen LogP contribution >= 0.6 is 0 Å². The molecular weight excluding hydrogens is 192 g/mol. The molecule has 0 radical (unpaired) electrons. The van der Waals surface area contributed by atoms with Gasteiger partial charge in [-0.3, -0.25) is 4.98 Å². The summed E-state index contributed by atoms with van der Waals surface area (Å²) >= 11 is 0. The molecule has 1 aromatic rings. The first-order chi connectivity index (χ1) is 7.24. The second-order valence-corrected chi connectivity index (χ2v) is 4.27. The minimum absolute atomic E-state index is 0.136. The van der Waals surface area contributed by atoms with Crippen molar-refractivity contribution in [2.75, 3.05) is 13.2 Å². The summed E-state index contributed by atoms with van der Waals surface area (Å²) in [6.45, 7) is 1.79. The van der Waals surface area contributed by atoms with E-state index in [0.717, 1.165) is 25.1 Å². The third-order valence-corrected chi connectivity index (χ3v) is 2.91. The first-order valence-corrected chi connectivity index (χ1v) is 5.20. The van der Waals surface area contributed by atoms with Crippen molar-refractivity contribution in [1.82, 2.24) is 10.3 Å². The van der Waals surface area contributed by atoms with Crippen molar-refractivity contribution in [2.45, 2.75) is 19.4 Å². The van der Waals surface area contributed by atoms with Crippen molar-refractivity contribution in [3.8, 4) is 5.75 Å². The number of hydrogen-bond acceptors (Lipinski definition) is 4. The van der Waals surface area contributed by atoms with Gasteiger partial charge in [-0.15, -0.1) is 0 Å². The third kappa shape index (κ3) is 2.67. The number of aliphatic hydroxyl groups is 1. The van der Waals surface area contributed by atoms with E-state index in [0.29, 0.717) is 6.54 Å². The zero-order valence-electron chi connectivity index (χ0n) is 8.61. The Bertz CT molecular complexity index is 320. The lowest BCUT2D eigenvalue weighted by Crippen LogP contribution is -2.26. The Balaban J connectivity index is 1.76. The van der Waals surface area contributed by atoms with Gasteiger partial charge >= 0.3 is 0 Å². The van der Waals surface area contributed by atoms with Crippen molar-refractivity contribution in [1.29, 1.82) is 0 Å². The van der Waals surface area contributed by atoms with Gasteiger partial charge in [0.2, 0.25) is 0 Å². The lowest BCUT2D eigenvalue weighted by Gasteiger charge is -2.12. The van der Waals surface area contributed by atoms with Gasteiger partial charge in [0, 0.05) is 25.1 Å². The molecule has 15 heavy (non-hydrogen) atoms. The summed E-state index contributed by atoms with van der Waals surface area (Å²) in [6, 6.07) is 3.42. The molecule has 1 aliphatic carbocycles. The van der Waals surface area contributed by atoms with Crippen LogP contribution < -0.4 is 5.32 Å². The van der Waals surface area contributed by atoms with Gasteiger partial charge in [-0.05, 0) is 25.0 Å². The van der Waals surface area contributed by atoms with Crippen molar-refractivity contribution >= 4 is 0 Å². The minimum Gasteiger partial charge on any atom is -0.506 e. The van der Waals surface area contributed by atoms with Gasteiger partial charge in [-0.2, -0.15) is 0 Å². The molecule has 0 spiro atoms. The molecule has 0 unspecified atom stereocenters. The highest BCUT2D eigenvalue weighted by atomic mass is 16.3. The van der Waals surface area contributed by atoms with E-state index in [2.05, 4.69) is 10.3 Å². The van der Waals surface area contributed by atoms with Crippen LogP contribution in [0.15, 0.2) is 18.3 Å². The average Bonchev–Trinajstić information content (AvgIpc) is 3.02. The summed E-state index contributed by atoms with van der Waals surface area (Å²) in [4.78, 5) is 4.07. The quantitative estimate of drug-likeness (QED) is 0.664. The largest absolute Gasteiger partial charge is 0.506 e. The van der Waals surface area contributed by atoms with Gasteiger partial charge in [-0.1, -0.05) is 0 Å². The maximum Gasteiger partial charge on any atom is 0.133 e. The van der Waals surface area contributed by atoms with E-state index in [1.807, 2.05) is 0 Å². The van der Waals surface area contributed by atoms with Crippen molar-refractivity contribution < 1.29 is 10.2 Å². The molecule has 2 rings (SSSR count). The Morgan fingerprint density at radius 3 is 2.73 bits per heavy atom. The number of aromatic hydroxyl groups is 1. The number of aromatic nitrogens is 1. The Hall–Kier alpha value is -1.13. The first-order valence-electron chi connectivity index (χ1n) is 5.20. The Morgan fingerprint density at radius 2 is 2.20 bits per heavy atom. The van der Waals surface area contributed by atoms with Crippen molar-refractivity contribution in [3.05, 3.63) is 24.0 Å². The van der Waals surface area contributed by atoms with Crippen LogP contribution in [0.5, 0.6) is 5.75 Å². The smallest absolute Gasteiger partial charge is 0.133 e. The molecule has 1 heterocycles. The van der Waals surface area contributed by atoms with Crippen LogP contribution in [0, 0.1) is 5.41 Å². The Labute approximate surface area is 89.0 Å². The number of aliphatic hydroxyl groups excluding tert-OH is 1. The standard InChI is InChI=1S/C11H16N2O2/c14-8-11(3-4-11)7-12-5-9-1-2-10(15)6-13-9/h1-2,6,12,14-15H,3-5,7-8H2. The summed E-state index contributed by atoms with van der Waals surface area (Å²) in [5, 5.41) is 21.4. The van der Waals surface area contributed by atoms with E-state index in [1.54, 1.807) is 12.1 Å². The Kier molecular flexibility index (Phi) is 2.88. The SMILES string of the molecule is OCC1(CNCc2ccc(O)cn2)CC1. The molecule has 1 saturated carbocycles. The van der Waals surface area contributed by atoms with Crippen LogP contribution in [-0.2, 0) is 6.54 Å². The Morgan fingerprint density at radius 1 is 1.40 bits per heavy atom. The molecule has 4 heteroatoms. The lowest BCUT2D eigenvalue weighted by molar-refractivity contribution is 0.207. The van der Waals surface area contributed by atoms with Gasteiger partial charge in [0.15, 0.2) is 0 Å². The van der Waals surface area contributed by atoms with E-state index >= 15 is 0 Å². The van der Waals surface area contributed by atoms with Gasteiger partial charge in [-0.25, -0.2) is 0 Å². The van der Waals surface area contributed by atoms with Crippen LogP contribution in [-0.4, -0.2) is 28.3 Å². The molecule has 0 aromatic carbocycles. The fraction of sp³-hybridized carbons (Fsp3) is 0.545. The number of nitrogens with one attached hydrogen (secondary N) is 1. The van der Waals surface area contributed by atoms with E-state index in [1.165, 1.54) is 6.20 Å². The highest BCUT2D eigenvalue weighted by molar-refractivity contribution is 5.17. The molecule has 1 aliphatic rings. The highest BCUT2D eigenvalue weighted by Crippen LogP contribution is 2.44. The van der Waals surface area contributed by atoms with Crippen molar-refractivity contribution in [3.63, 3.8) is 0 Å². The lowest BCUT2D eigenvalue weighted by atomic mass is 10.1. The molecule has 82 valence electrons. The van der Waals surface area contributed by atoms with E-state index in [4.69, 9.17) is 10.2 Å². The topological polar surface area (TPSA) is 65.4 Å². The maximum absolute atomic E-state index is 9.10. The molecule has 0 amide bonds. The predicted molar refractivity (Wildman–Crippen MR) is 56.4 cm³/mol. The van der Waals surface area contributed by atoms with Crippen LogP contribution in [0.4, 0.5) is 0 Å². The molecule has 4 nitrogen and oxygen atoms in total. The van der Waals surface area contributed by atoms with Gasteiger partial charge in [0.25, 0.3) is 0 Å². The van der Waals surface area contributed by atoms with Crippen LogP contribution in [0.2, 0.25) is 0 Å². The average molecular weight is 208 g/mol. The number of rotatable bonds is 5. The molecule has 1 aromatic heterocycles. The second kappa shape index (κ2) is 4.16.